The van der Waals surface area contributed by atoms with Crippen molar-refractivity contribution in [1.82, 2.24) is 4.98 Å². The van der Waals surface area contributed by atoms with E-state index in [2.05, 4.69) is 10.3 Å². The lowest BCUT2D eigenvalue weighted by molar-refractivity contribution is 0.168. The van der Waals surface area contributed by atoms with Crippen molar-refractivity contribution in [2.24, 2.45) is 0 Å². The van der Waals surface area contributed by atoms with Gasteiger partial charge in [0.1, 0.15) is 16.9 Å². The number of carbonyl (C=O) groups is 1. The van der Waals surface area contributed by atoms with Crippen LogP contribution in [0.2, 0.25) is 0 Å². The van der Waals surface area contributed by atoms with Crippen LogP contribution in [0.25, 0.3) is 22.3 Å². The van der Waals surface area contributed by atoms with Crippen molar-refractivity contribution in [2.45, 2.75) is 6.92 Å². The molecule has 0 radical (unpaired) electrons. The minimum absolute atomic E-state index is 0.00996. The molecule has 3 aromatic rings. The largest absolute Gasteiger partial charge is 0.494 e. The minimum atomic E-state index is -0.808. The fraction of sp³-hybridized carbons (Fsp3) is 0.118. The molecule has 0 saturated heterocycles. The lowest BCUT2D eigenvalue weighted by Gasteiger charge is -2.11. The van der Waals surface area contributed by atoms with Crippen molar-refractivity contribution in [2.75, 3.05) is 11.9 Å². The predicted octanol–water partition coefficient (Wildman–Crippen LogP) is 2.42. The number of H-pyrrole nitrogens is 1. The predicted molar refractivity (Wildman–Crippen MR) is 90.9 cm³/mol. The molecule has 1 amide bonds. The number of fused-ring (bicyclic) bond motifs is 1. The first-order valence-corrected chi connectivity index (χ1v) is 7.43. The lowest BCUT2D eigenvalue weighted by Crippen LogP contribution is -2.17. The van der Waals surface area contributed by atoms with E-state index in [1.807, 2.05) is 0 Å². The van der Waals surface area contributed by atoms with Gasteiger partial charge in [0.05, 0.1) is 17.7 Å². The van der Waals surface area contributed by atoms with Gasteiger partial charge in [0.2, 0.25) is 5.88 Å². The molecule has 25 heavy (non-hydrogen) atoms. The summed E-state index contributed by atoms with van der Waals surface area (Å²) < 4.78 is 10.4. The third-order valence-electron chi connectivity index (χ3n) is 3.42. The quantitative estimate of drug-likeness (QED) is 0.672. The maximum absolute atomic E-state index is 12.3. The zero-order valence-electron chi connectivity index (χ0n) is 13.2. The van der Waals surface area contributed by atoms with E-state index < -0.39 is 17.5 Å². The number of amides is 1. The van der Waals surface area contributed by atoms with Gasteiger partial charge in [-0.25, -0.2) is 4.79 Å². The standard InChI is InChI=1S/C17H14N2O6/c1-2-24-17(23)18-10-7-14(21)19-16(22)15(10)13-8-11(20)9-5-3-4-6-12(9)25-13/h3-8H,2H2,1H3,(H3,18,19,21,22,23). The van der Waals surface area contributed by atoms with E-state index in [1.54, 1.807) is 31.2 Å². The van der Waals surface area contributed by atoms with Gasteiger partial charge in [-0.1, -0.05) is 12.1 Å². The molecule has 0 saturated carbocycles. The Morgan fingerprint density at radius 2 is 2.04 bits per heavy atom. The normalized spacial score (nSPS) is 10.6. The molecule has 3 N–H and O–H groups in total. The minimum Gasteiger partial charge on any atom is -0.494 e. The summed E-state index contributed by atoms with van der Waals surface area (Å²) in [4.78, 5) is 37.7. The molecule has 0 aliphatic rings. The van der Waals surface area contributed by atoms with Crippen LogP contribution < -0.4 is 16.3 Å². The Hall–Kier alpha value is -3.55. The highest BCUT2D eigenvalue weighted by Gasteiger charge is 2.18. The Morgan fingerprint density at radius 1 is 1.28 bits per heavy atom. The number of benzene rings is 1. The summed E-state index contributed by atoms with van der Waals surface area (Å²) in [7, 11) is 0. The first-order valence-electron chi connectivity index (χ1n) is 7.43. The second-order valence-electron chi connectivity index (χ2n) is 5.09. The Labute approximate surface area is 140 Å². The van der Waals surface area contributed by atoms with Crippen LogP contribution >= 0.6 is 0 Å². The first-order chi connectivity index (χ1) is 12.0. The molecule has 2 heterocycles. The molecule has 0 spiro atoms. The Kier molecular flexibility index (Phi) is 4.25. The molecule has 1 aromatic carbocycles. The number of ether oxygens (including phenoxy) is 1. The van der Waals surface area contributed by atoms with E-state index in [0.717, 1.165) is 6.07 Å². The number of pyridine rings is 1. The molecule has 0 atom stereocenters. The summed E-state index contributed by atoms with van der Waals surface area (Å²) >= 11 is 0. The second kappa shape index (κ2) is 6.52. The highest BCUT2D eigenvalue weighted by Crippen LogP contribution is 2.34. The van der Waals surface area contributed by atoms with Crippen LogP contribution in [0.15, 0.2) is 50.4 Å². The van der Waals surface area contributed by atoms with Crippen molar-refractivity contribution in [3.05, 3.63) is 57.0 Å². The van der Waals surface area contributed by atoms with E-state index >= 15 is 0 Å². The van der Waals surface area contributed by atoms with Gasteiger partial charge in [-0.15, -0.1) is 0 Å². The molecule has 3 rings (SSSR count). The highest BCUT2D eigenvalue weighted by atomic mass is 16.5. The lowest BCUT2D eigenvalue weighted by atomic mass is 10.1. The molecule has 0 aliphatic heterocycles. The number of aromatic nitrogens is 1. The van der Waals surface area contributed by atoms with Crippen LogP contribution in [0.5, 0.6) is 5.88 Å². The van der Waals surface area contributed by atoms with Gasteiger partial charge < -0.3 is 14.3 Å². The van der Waals surface area contributed by atoms with E-state index in [0.29, 0.717) is 11.0 Å². The number of rotatable bonds is 3. The maximum atomic E-state index is 12.3. The van der Waals surface area contributed by atoms with Crippen molar-refractivity contribution in [3.8, 4) is 17.2 Å². The third-order valence-corrected chi connectivity index (χ3v) is 3.42. The average molecular weight is 342 g/mol. The SMILES string of the molecule is CCOC(=O)Nc1cc(=O)[nH]c(O)c1-c1cc(=O)c2ccccc2o1. The summed E-state index contributed by atoms with van der Waals surface area (Å²) in [6, 6.07) is 8.83. The van der Waals surface area contributed by atoms with Crippen molar-refractivity contribution in [3.63, 3.8) is 0 Å². The molecule has 0 bridgehead atoms. The highest BCUT2D eigenvalue weighted by molar-refractivity contribution is 5.92. The second-order valence-corrected chi connectivity index (χ2v) is 5.09. The van der Waals surface area contributed by atoms with E-state index in [-0.39, 0.29) is 29.0 Å². The summed E-state index contributed by atoms with van der Waals surface area (Å²) in [5.41, 5.74) is -0.743. The number of anilines is 1. The van der Waals surface area contributed by atoms with Gasteiger partial charge in [-0.2, -0.15) is 0 Å². The molecule has 128 valence electrons. The number of hydrogen-bond acceptors (Lipinski definition) is 6. The van der Waals surface area contributed by atoms with Crippen LogP contribution in [0.1, 0.15) is 6.92 Å². The number of nitrogens with one attached hydrogen (secondary N) is 2. The van der Waals surface area contributed by atoms with Gasteiger partial charge in [-0.05, 0) is 19.1 Å². The molecular weight excluding hydrogens is 328 g/mol. The van der Waals surface area contributed by atoms with Crippen molar-refractivity contribution in [1.29, 1.82) is 0 Å². The number of aromatic hydroxyl groups is 1. The fourth-order valence-electron chi connectivity index (χ4n) is 2.40. The summed E-state index contributed by atoms with van der Waals surface area (Å²) in [5, 5.41) is 12.8. The maximum Gasteiger partial charge on any atom is 0.411 e. The number of para-hydroxylation sites is 1. The van der Waals surface area contributed by atoms with Gasteiger partial charge >= 0.3 is 6.09 Å². The van der Waals surface area contributed by atoms with Gasteiger partial charge in [0.25, 0.3) is 5.56 Å². The van der Waals surface area contributed by atoms with Gasteiger partial charge in [-0.3, -0.25) is 19.9 Å². The van der Waals surface area contributed by atoms with E-state index in [4.69, 9.17) is 9.15 Å². The molecule has 0 unspecified atom stereocenters. The summed E-state index contributed by atoms with van der Waals surface area (Å²) in [6.45, 7) is 1.75. The Balaban J connectivity index is 2.21. The Bertz CT molecular complexity index is 1070. The topological polar surface area (TPSA) is 122 Å². The molecule has 8 nitrogen and oxygen atoms in total. The smallest absolute Gasteiger partial charge is 0.411 e. The van der Waals surface area contributed by atoms with Crippen LogP contribution in [0.4, 0.5) is 10.5 Å². The summed E-state index contributed by atoms with van der Waals surface area (Å²) in [6.07, 6.45) is -0.808. The van der Waals surface area contributed by atoms with Crippen molar-refractivity contribution >= 4 is 22.7 Å². The molecular formula is C17H14N2O6. The fourth-order valence-corrected chi connectivity index (χ4v) is 2.40. The van der Waals surface area contributed by atoms with E-state index in [1.165, 1.54) is 6.07 Å². The monoisotopic (exact) mass is 342 g/mol. The average Bonchev–Trinajstić information content (AvgIpc) is 2.54. The van der Waals surface area contributed by atoms with Gasteiger partial charge in [0.15, 0.2) is 5.43 Å². The third kappa shape index (κ3) is 3.23. The molecule has 2 aromatic heterocycles. The zero-order chi connectivity index (χ0) is 18.0. The molecule has 0 aliphatic carbocycles. The number of carbonyl (C=O) groups excluding carboxylic acids is 1. The number of aromatic amines is 1. The molecule has 0 fully saturated rings. The van der Waals surface area contributed by atoms with Crippen LogP contribution in [-0.4, -0.2) is 22.8 Å². The van der Waals surface area contributed by atoms with E-state index in [9.17, 15) is 19.5 Å². The van der Waals surface area contributed by atoms with Crippen LogP contribution in [0.3, 0.4) is 0 Å². The zero-order valence-corrected chi connectivity index (χ0v) is 13.2. The number of hydrogen-bond donors (Lipinski definition) is 3. The summed E-state index contributed by atoms with van der Waals surface area (Å²) in [5.74, 6) is -0.554. The van der Waals surface area contributed by atoms with Crippen LogP contribution in [-0.2, 0) is 4.74 Å². The van der Waals surface area contributed by atoms with Gasteiger partial charge in [0, 0.05) is 12.1 Å². The molecule has 8 heteroatoms. The van der Waals surface area contributed by atoms with Crippen LogP contribution in [0, 0.1) is 0 Å². The van der Waals surface area contributed by atoms with Crippen molar-refractivity contribution < 1.29 is 19.1 Å². The Morgan fingerprint density at radius 3 is 2.80 bits per heavy atom. The first kappa shape index (κ1) is 16.3.